The Morgan fingerprint density at radius 2 is 2.08 bits per heavy atom. The van der Waals surface area contributed by atoms with Crippen LogP contribution in [-0.4, -0.2) is 16.5 Å². The monoisotopic (exact) mass is 322 g/mol. The SMILES string of the molecule is CC#C[C@]1(O)CCC2C3CCC4=CC(=O)C=C[C@]4(C)C3=CC[C@@]21C. The topological polar surface area (TPSA) is 37.3 Å². The molecule has 2 saturated carbocycles. The van der Waals surface area contributed by atoms with Crippen molar-refractivity contribution < 1.29 is 9.90 Å². The second kappa shape index (κ2) is 4.96. The highest BCUT2D eigenvalue weighted by Crippen LogP contribution is 2.64. The predicted octanol–water partition coefficient (Wildman–Crippen LogP) is 3.97. The Bertz CT molecular complexity index is 759. The maximum atomic E-state index is 11.8. The van der Waals surface area contributed by atoms with E-state index >= 15 is 0 Å². The average molecular weight is 322 g/mol. The zero-order chi connectivity index (χ0) is 17.2. The Kier molecular flexibility index (Phi) is 3.29. The molecule has 0 amide bonds. The summed E-state index contributed by atoms with van der Waals surface area (Å²) in [5.41, 5.74) is 1.62. The van der Waals surface area contributed by atoms with Crippen LogP contribution in [0.25, 0.3) is 0 Å². The van der Waals surface area contributed by atoms with E-state index in [9.17, 15) is 9.90 Å². The molecule has 2 nitrogen and oxygen atoms in total. The second-order valence-electron chi connectivity index (χ2n) is 8.41. The first-order chi connectivity index (χ1) is 11.3. The van der Waals surface area contributed by atoms with E-state index in [0.29, 0.717) is 11.8 Å². The van der Waals surface area contributed by atoms with Crippen LogP contribution in [0, 0.1) is 34.5 Å². The van der Waals surface area contributed by atoms with Gasteiger partial charge in [0.2, 0.25) is 0 Å². The summed E-state index contributed by atoms with van der Waals surface area (Å²) in [4.78, 5) is 11.8. The summed E-state index contributed by atoms with van der Waals surface area (Å²) < 4.78 is 0. The summed E-state index contributed by atoms with van der Waals surface area (Å²) in [7, 11) is 0. The van der Waals surface area contributed by atoms with Crippen LogP contribution in [0.3, 0.4) is 0 Å². The van der Waals surface area contributed by atoms with Crippen molar-refractivity contribution in [2.24, 2.45) is 22.7 Å². The largest absolute Gasteiger partial charge is 0.377 e. The number of aliphatic hydroxyl groups is 1. The van der Waals surface area contributed by atoms with Crippen LogP contribution >= 0.6 is 0 Å². The van der Waals surface area contributed by atoms with Crippen LogP contribution in [0.5, 0.6) is 0 Å². The van der Waals surface area contributed by atoms with Crippen LogP contribution < -0.4 is 0 Å². The Balaban J connectivity index is 1.78. The minimum Gasteiger partial charge on any atom is -0.377 e. The minimum atomic E-state index is -0.857. The first kappa shape index (κ1) is 15.9. The van der Waals surface area contributed by atoms with Crippen LogP contribution in [0.2, 0.25) is 0 Å². The quantitative estimate of drug-likeness (QED) is 0.541. The molecule has 2 unspecified atom stereocenters. The molecule has 0 aromatic carbocycles. The van der Waals surface area contributed by atoms with Gasteiger partial charge in [-0.1, -0.05) is 36.1 Å². The Labute approximate surface area is 144 Å². The minimum absolute atomic E-state index is 0.102. The van der Waals surface area contributed by atoms with Crippen LogP contribution in [0.15, 0.2) is 35.5 Å². The van der Waals surface area contributed by atoms with Gasteiger partial charge in [0.1, 0.15) is 5.60 Å². The summed E-state index contributed by atoms with van der Waals surface area (Å²) in [5.74, 6) is 7.19. The molecule has 2 heteroatoms. The summed E-state index contributed by atoms with van der Waals surface area (Å²) in [6.07, 6.45) is 12.8. The summed E-state index contributed by atoms with van der Waals surface area (Å²) in [6.45, 7) is 6.31. The van der Waals surface area contributed by atoms with Gasteiger partial charge >= 0.3 is 0 Å². The smallest absolute Gasteiger partial charge is 0.178 e. The van der Waals surface area contributed by atoms with Crippen molar-refractivity contribution in [1.82, 2.24) is 0 Å². The molecule has 0 aromatic heterocycles. The molecule has 4 rings (SSSR count). The molecule has 5 atom stereocenters. The van der Waals surface area contributed by atoms with Gasteiger partial charge in [-0.15, -0.1) is 5.92 Å². The fourth-order valence-electron chi connectivity index (χ4n) is 5.95. The van der Waals surface area contributed by atoms with Gasteiger partial charge in [-0.2, -0.15) is 0 Å². The maximum Gasteiger partial charge on any atom is 0.178 e. The average Bonchev–Trinajstić information content (AvgIpc) is 2.80. The third-order valence-corrected chi connectivity index (χ3v) is 7.43. The Morgan fingerprint density at radius 1 is 1.29 bits per heavy atom. The lowest BCUT2D eigenvalue weighted by molar-refractivity contribution is -0.110. The first-order valence-electron chi connectivity index (χ1n) is 9.15. The lowest BCUT2D eigenvalue weighted by atomic mass is 9.52. The fourth-order valence-corrected chi connectivity index (χ4v) is 5.95. The number of ketones is 1. The fraction of sp³-hybridized carbons (Fsp3) is 0.591. The lowest BCUT2D eigenvalue weighted by Gasteiger charge is -2.53. The number of carbonyl (C=O) groups is 1. The molecular formula is C22H26O2. The highest BCUT2D eigenvalue weighted by Gasteiger charge is 2.61. The number of hydrogen-bond donors (Lipinski definition) is 1. The van der Waals surface area contributed by atoms with Gasteiger partial charge in [0.25, 0.3) is 0 Å². The molecule has 0 radical (unpaired) electrons. The molecule has 0 aliphatic heterocycles. The van der Waals surface area contributed by atoms with E-state index in [4.69, 9.17) is 0 Å². The van der Waals surface area contributed by atoms with Gasteiger partial charge in [0.15, 0.2) is 5.78 Å². The van der Waals surface area contributed by atoms with Gasteiger partial charge in [-0.05, 0) is 69.9 Å². The molecule has 126 valence electrons. The van der Waals surface area contributed by atoms with Crippen LogP contribution in [-0.2, 0) is 4.79 Å². The molecule has 4 aliphatic carbocycles. The van der Waals surface area contributed by atoms with E-state index in [1.807, 2.05) is 13.0 Å². The highest BCUT2D eigenvalue weighted by molar-refractivity contribution is 6.01. The molecule has 0 aromatic rings. The maximum absolute atomic E-state index is 11.8. The van der Waals surface area contributed by atoms with Gasteiger partial charge < -0.3 is 5.11 Å². The van der Waals surface area contributed by atoms with Crippen LogP contribution in [0.1, 0.15) is 52.9 Å². The molecular weight excluding hydrogens is 296 g/mol. The molecule has 0 saturated heterocycles. The van der Waals surface area contributed by atoms with Crippen LogP contribution in [0.4, 0.5) is 0 Å². The number of hydrogen-bond acceptors (Lipinski definition) is 2. The Hall–Kier alpha value is -1.59. The highest BCUT2D eigenvalue weighted by atomic mass is 16.3. The van der Waals surface area contributed by atoms with E-state index in [1.54, 1.807) is 6.08 Å². The number of fused-ring (bicyclic) bond motifs is 5. The zero-order valence-corrected chi connectivity index (χ0v) is 14.9. The Morgan fingerprint density at radius 3 is 2.83 bits per heavy atom. The van der Waals surface area contributed by atoms with Gasteiger partial charge in [0.05, 0.1) is 0 Å². The molecule has 0 spiro atoms. The van der Waals surface area contributed by atoms with E-state index in [-0.39, 0.29) is 16.6 Å². The summed E-state index contributed by atoms with van der Waals surface area (Å²) >= 11 is 0. The number of rotatable bonds is 0. The molecule has 0 bridgehead atoms. The van der Waals surface area contributed by atoms with Crippen molar-refractivity contribution in [1.29, 1.82) is 0 Å². The van der Waals surface area contributed by atoms with Crippen molar-refractivity contribution in [3.8, 4) is 11.8 Å². The molecule has 24 heavy (non-hydrogen) atoms. The van der Waals surface area contributed by atoms with E-state index in [1.165, 1.54) is 11.1 Å². The molecule has 4 aliphatic rings. The standard InChI is InChI=1S/C22H26O2/c1-4-10-22(24)13-9-19-17-6-5-15-14-16(23)7-11-20(15,2)18(17)8-12-21(19,22)3/h7-8,11,14,17,19,24H,5-6,9,12-13H2,1-3H3/t17?,19?,20-,21-,22-/m0/s1. The predicted molar refractivity (Wildman–Crippen MR) is 95.0 cm³/mol. The third-order valence-electron chi connectivity index (χ3n) is 7.43. The number of carbonyl (C=O) groups excluding carboxylic acids is 1. The molecule has 0 heterocycles. The van der Waals surface area contributed by atoms with Gasteiger partial charge in [-0.3, -0.25) is 4.79 Å². The second-order valence-corrected chi connectivity index (χ2v) is 8.41. The number of allylic oxidation sites excluding steroid dienone is 6. The van der Waals surface area contributed by atoms with Crippen molar-refractivity contribution in [2.45, 2.75) is 58.5 Å². The summed E-state index contributed by atoms with van der Waals surface area (Å²) in [5, 5.41) is 11.2. The normalized spacial score (nSPS) is 46.1. The zero-order valence-electron chi connectivity index (χ0n) is 14.9. The lowest BCUT2D eigenvalue weighted by Crippen LogP contribution is -2.49. The van der Waals surface area contributed by atoms with Crippen molar-refractivity contribution in [2.75, 3.05) is 0 Å². The van der Waals surface area contributed by atoms with E-state index in [0.717, 1.165) is 32.1 Å². The molecule has 2 fully saturated rings. The first-order valence-corrected chi connectivity index (χ1v) is 9.15. The van der Waals surface area contributed by atoms with E-state index in [2.05, 4.69) is 37.8 Å². The van der Waals surface area contributed by atoms with Crippen molar-refractivity contribution in [3.05, 3.63) is 35.5 Å². The van der Waals surface area contributed by atoms with Gasteiger partial charge in [-0.25, -0.2) is 0 Å². The van der Waals surface area contributed by atoms with Gasteiger partial charge in [0, 0.05) is 10.8 Å². The van der Waals surface area contributed by atoms with Crippen molar-refractivity contribution in [3.63, 3.8) is 0 Å². The summed E-state index contributed by atoms with van der Waals surface area (Å²) in [6, 6.07) is 0. The molecule has 1 N–H and O–H groups in total. The van der Waals surface area contributed by atoms with Crippen molar-refractivity contribution >= 4 is 5.78 Å². The van der Waals surface area contributed by atoms with E-state index < -0.39 is 5.60 Å². The third kappa shape index (κ3) is 1.85.